The first-order valence-corrected chi connectivity index (χ1v) is 2.71. The van der Waals surface area contributed by atoms with E-state index < -0.39 is 0 Å². The molecule has 0 aromatic heterocycles. The minimum atomic E-state index is 0. The van der Waals surface area contributed by atoms with E-state index in [-0.39, 0.29) is 21.7 Å². The topological polar surface area (TPSA) is 0 Å². The zero-order chi connectivity index (χ0) is 4.83. The van der Waals surface area contributed by atoms with Gasteiger partial charge in [-0.2, -0.15) is 0 Å². The van der Waals surface area contributed by atoms with Crippen molar-refractivity contribution < 1.29 is 21.7 Å². The Labute approximate surface area is 61.6 Å². The zero-order valence-corrected chi connectivity index (χ0v) is 6.60. The van der Waals surface area contributed by atoms with Crippen molar-refractivity contribution in [3.8, 4) is 0 Å². The Kier molecular flexibility index (Phi) is 15.0. The van der Waals surface area contributed by atoms with E-state index in [1.807, 2.05) is 0 Å². The van der Waals surface area contributed by atoms with Crippen molar-refractivity contribution in [1.29, 1.82) is 0 Å². The molecule has 0 spiro atoms. The second-order valence-electron chi connectivity index (χ2n) is 1.56. The van der Waals surface area contributed by atoms with Crippen molar-refractivity contribution in [2.45, 2.75) is 32.6 Å². The molecular weight excluding hydrogens is 120 g/mol. The molecule has 0 aromatic rings. The first-order valence-electron chi connectivity index (χ1n) is 2.71. The van der Waals surface area contributed by atoms with Crippen LogP contribution >= 0.6 is 0 Å². The van der Waals surface area contributed by atoms with Gasteiger partial charge in [0.2, 0.25) is 0 Å². The Morgan fingerprint density at radius 3 is 2.00 bits per heavy atom. The first-order chi connectivity index (χ1) is 2.91. The minimum Gasteiger partial charge on any atom is -0.0654 e. The van der Waals surface area contributed by atoms with Crippen LogP contribution in [0.1, 0.15) is 32.6 Å². The molecule has 0 rings (SSSR count). The normalized spacial score (nSPS) is 7.71. The van der Waals surface area contributed by atoms with E-state index in [2.05, 4.69) is 13.8 Å². The Hall–Kier alpha value is 0.714. The molecule has 0 unspecified atom stereocenters. The predicted molar refractivity (Wildman–Crippen MR) is 29.5 cm³/mol. The smallest absolute Gasteiger partial charge is 0 e. The number of hydrogen-bond donors (Lipinski definition) is 0. The number of unbranched alkanes of at least 4 members (excludes halogenated alkanes) is 3. The maximum absolute atomic E-state index is 3.72. The summed E-state index contributed by atoms with van der Waals surface area (Å²) in [4.78, 5) is 0. The Bertz CT molecular complexity index is 16.1. The van der Waals surface area contributed by atoms with Gasteiger partial charge in [-0.15, -0.1) is 0 Å². The van der Waals surface area contributed by atoms with E-state index in [0.29, 0.717) is 0 Å². The maximum Gasteiger partial charge on any atom is 0 e. The molecule has 0 amide bonds. The van der Waals surface area contributed by atoms with Crippen molar-refractivity contribution in [2.24, 2.45) is 0 Å². The molecule has 0 atom stereocenters. The monoisotopic (exact) mass is 133 g/mol. The summed E-state index contributed by atoms with van der Waals surface area (Å²) < 4.78 is 0. The van der Waals surface area contributed by atoms with E-state index in [1.54, 1.807) is 0 Å². The third-order valence-corrected chi connectivity index (χ3v) is 0.854. The molecule has 0 bridgehead atoms. The third kappa shape index (κ3) is 10.8. The van der Waals surface area contributed by atoms with Gasteiger partial charge in [-0.3, -0.25) is 0 Å². The van der Waals surface area contributed by atoms with E-state index in [1.165, 1.54) is 19.3 Å². The van der Waals surface area contributed by atoms with Crippen molar-refractivity contribution in [3.63, 3.8) is 0 Å². The Morgan fingerprint density at radius 1 is 1.29 bits per heavy atom. The van der Waals surface area contributed by atoms with Crippen LogP contribution in [0.4, 0.5) is 0 Å². The summed E-state index contributed by atoms with van der Waals surface area (Å²) >= 11 is 0. The fraction of sp³-hybridized carbons (Fsp3) is 0.833. The predicted octanol–water partition coefficient (Wildman–Crippen LogP) is 2.40. The van der Waals surface area contributed by atoms with Crippen LogP contribution in [0.25, 0.3) is 0 Å². The minimum absolute atomic E-state index is 0. The van der Waals surface area contributed by atoms with Gasteiger partial charge in [0.1, 0.15) is 0 Å². The zero-order valence-electron chi connectivity index (χ0n) is 5.04. The summed E-state index contributed by atoms with van der Waals surface area (Å²) in [5, 5.41) is 0. The SMILES string of the molecule is [CH2]CCCCC.[Ti]. The molecule has 0 nitrogen and oxygen atoms in total. The first kappa shape index (κ1) is 10.7. The van der Waals surface area contributed by atoms with Gasteiger partial charge >= 0.3 is 0 Å². The summed E-state index contributed by atoms with van der Waals surface area (Å²) in [5.74, 6) is 0. The molecule has 41 valence electrons. The van der Waals surface area contributed by atoms with Gasteiger partial charge in [0.15, 0.2) is 0 Å². The summed E-state index contributed by atoms with van der Waals surface area (Å²) in [5.41, 5.74) is 0. The fourth-order valence-corrected chi connectivity index (χ4v) is 0.427. The van der Waals surface area contributed by atoms with Gasteiger partial charge in [0, 0.05) is 21.7 Å². The molecule has 0 saturated carbocycles. The molecule has 0 aliphatic heterocycles. The van der Waals surface area contributed by atoms with Gasteiger partial charge in [-0.25, -0.2) is 0 Å². The summed E-state index contributed by atoms with van der Waals surface area (Å²) in [7, 11) is 0. The second-order valence-corrected chi connectivity index (χ2v) is 1.56. The van der Waals surface area contributed by atoms with E-state index in [0.717, 1.165) is 6.42 Å². The standard InChI is InChI=1S/C6H13.Ti/c1-3-5-6-4-2;/h1,3-6H2,2H3;. The number of hydrogen-bond acceptors (Lipinski definition) is 0. The van der Waals surface area contributed by atoms with E-state index in [4.69, 9.17) is 0 Å². The van der Waals surface area contributed by atoms with Crippen LogP contribution in [0.15, 0.2) is 0 Å². The van der Waals surface area contributed by atoms with Gasteiger partial charge < -0.3 is 0 Å². The van der Waals surface area contributed by atoms with Gasteiger partial charge in [0.05, 0.1) is 0 Å². The van der Waals surface area contributed by atoms with Crippen molar-refractivity contribution in [3.05, 3.63) is 6.92 Å². The van der Waals surface area contributed by atoms with Crippen LogP contribution in [0.5, 0.6) is 0 Å². The van der Waals surface area contributed by atoms with Crippen LogP contribution in [-0.2, 0) is 21.7 Å². The largest absolute Gasteiger partial charge is 0.0654 e. The van der Waals surface area contributed by atoms with Crippen LogP contribution in [0, 0.1) is 6.92 Å². The van der Waals surface area contributed by atoms with Crippen LogP contribution in [0.2, 0.25) is 0 Å². The summed E-state index contributed by atoms with van der Waals surface area (Å²) in [6.45, 7) is 5.93. The molecule has 0 aliphatic carbocycles. The number of rotatable bonds is 3. The van der Waals surface area contributed by atoms with Crippen LogP contribution in [0.3, 0.4) is 0 Å². The molecule has 1 heteroatoms. The molecule has 7 heavy (non-hydrogen) atoms. The van der Waals surface area contributed by atoms with Crippen molar-refractivity contribution in [2.75, 3.05) is 0 Å². The summed E-state index contributed by atoms with van der Waals surface area (Å²) in [6.07, 6.45) is 5.07. The van der Waals surface area contributed by atoms with Crippen LogP contribution in [-0.4, -0.2) is 0 Å². The Balaban J connectivity index is 0. The van der Waals surface area contributed by atoms with Crippen LogP contribution < -0.4 is 0 Å². The molecule has 0 N–H and O–H groups in total. The third-order valence-electron chi connectivity index (χ3n) is 0.854. The molecule has 0 saturated heterocycles. The van der Waals surface area contributed by atoms with Gasteiger partial charge in [0.25, 0.3) is 0 Å². The Morgan fingerprint density at radius 2 is 1.86 bits per heavy atom. The average molecular weight is 133 g/mol. The second kappa shape index (κ2) is 9.86. The molecule has 1 radical (unpaired) electrons. The molecular formula is C6H13Ti. The average Bonchev–Trinajstić information content (AvgIpc) is 1.61. The quantitative estimate of drug-likeness (QED) is 0.409. The molecule has 0 fully saturated rings. The van der Waals surface area contributed by atoms with E-state index >= 15 is 0 Å². The molecule has 0 heterocycles. The molecule has 0 aromatic carbocycles. The maximum atomic E-state index is 3.72. The fourth-order valence-electron chi connectivity index (χ4n) is 0.427. The van der Waals surface area contributed by atoms with Gasteiger partial charge in [-0.05, 0) is 0 Å². The van der Waals surface area contributed by atoms with Crippen molar-refractivity contribution in [1.82, 2.24) is 0 Å². The van der Waals surface area contributed by atoms with Gasteiger partial charge in [-0.1, -0.05) is 39.5 Å². The van der Waals surface area contributed by atoms with Crippen molar-refractivity contribution >= 4 is 0 Å². The molecule has 0 aliphatic rings. The summed E-state index contributed by atoms with van der Waals surface area (Å²) in [6, 6.07) is 0. The van der Waals surface area contributed by atoms with E-state index in [9.17, 15) is 0 Å².